The van der Waals surface area contributed by atoms with Crippen molar-refractivity contribution in [2.24, 2.45) is 5.92 Å². The average molecular weight is 360 g/mol. The molecule has 27 heavy (non-hydrogen) atoms. The average Bonchev–Trinajstić information content (AvgIpc) is 3.07. The van der Waals surface area contributed by atoms with Crippen molar-refractivity contribution in [3.63, 3.8) is 0 Å². The number of aromatic nitrogens is 3. The fourth-order valence-corrected chi connectivity index (χ4v) is 3.45. The Bertz CT molecular complexity index is 989. The Kier molecular flexibility index (Phi) is 5.03. The third-order valence-corrected chi connectivity index (χ3v) is 4.96. The van der Waals surface area contributed by atoms with E-state index in [0.29, 0.717) is 18.5 Å². The third kappa shape index (κ3) is 3.64. The highest BCUT2D eigenvalue weighted by molar-refractivity contribution is 5.95. The number of ether oxygens (including phenoxy) is 1. The van der Waals surface area contributed by atoms with Crippen LogP contribution in [0.5, 0.6) is 0 Å². The van der Waals surface area contributed by atoms with Crippen molar-refractivity contribution in [1.29, 1.82) is 0 Å². The van der Waals surface area contributed by atoms with Gasteiger partial charge in [-0.3, -0.25) is 0 Å². The van der Waals surface area contributed by atoms with Crippen molar-refractivity contribution in [3.8, 4) is 11.3 Å². The zero-order valence-electron chi connectivity index (χ0n) is 15.7. The van der Waals surface area contributed by atoms with E-state index < -0.39 is 0 Å². The topological polar surface area (TPSA) is 52.0 Å². The number of allylic oxidation sites excluding steroid dienone is 2. The molecule has 1 aromatic carbocycles. The van der Waals surface area contributed by atoms with Crippen molar-refractivity contribution in [3.05, 3.63) is 67.0 Å². The lowest BCUT2D eigenvalue weighted by Crippen LogP contribution is -2.26. The van der Waals surface area contributed by atoms with Crippen molar-refractivity contribution < 1.29 is 4.74 Å². The first-order valence-corrected chi connectivity index (χ1v) is 9.28. The molecule has 5 heteroatoms. The molecule has 2 unspecified atom stereocenters. The van der Waals surface area contributed by atoms with Crippen molar-refractivity contribution in [2.75, 3.05) is 19.0 Å². The lowest BCUT2D eigenvalue weighted by Gasteiger charge is -2.21. The van der Waals surface area contributed by atoms with E-state index in [9.17, 15) is 0 Å². The van der Waals surface area contributed by atoms with Gasteiger partial charge in [0.2, 0.25) is 5.95 Å². The van der Waals surface area contributed by atoms with Gasteiger partial charge in [-0.25, -0.2) is 9.97 Å². The number of nitrogens with zero attached hydrogens (tertiary/aromatic N) is 3. The maximum absolute atomic E-state index is 5.25. The monoisotopic (exact) mass is 360 g/mol. The predicted octanol–water partition coefficient (Wildman–Crippen LogP) is 4.29. The van der Waals surface area contributed by atoms with E-state index in [-0.39, 0.29) is 6.04 Å². The largest absolute Gasteiger partial charge is 0.383 e. The number of hydrogen-bond acceptors (Lipinski definition) is 4. The number of para-hydroxylation sites is 1. The molecule has 0 saturated heterocycles. The highest BCUT2D eigenvalue weighted by Gasteiger charge is 2.16. The Morgan fingerprint density at radius 1 is 1.15 bits per heavy atom. The summed E-state index contributed by atoms with van der Waals surface area (Å²) in [7, 11) is 1.73. The molecule has 138 valence electrons. The Labute approximate surface area is 159 Å². The quantitative estimate of drug-likeness (QED) is 0.713. The van der Waals surface area contributed by atoms with E-state index in [0.717, 1.165) is 17.8 Å². The van der Waals surface area contributed by atoms with Crippen molar-refractivity contribution in [1.82, 2.24) is 14.5 Å². The van der Waals surface area contributed by atoms with Gasteiger partial charge in [-0.05, 0) is 18.1 Å². The molecule has 0 aliphatic heterocycles. The zero-order chi connectivity index (χ0) is 18.6. The number of hydrogen-bond donors (Lipinski definition) is 1. The molecule has 1 N–H and O–H groups in total. The van der Waals surface area contributed by atoms with E-state index in [1.165, 1.54) is 10.9 Å². The summed E-state index contributed by atoms with van der Waals surface area (Å²) in [6, 6.07) is 10.6. The van der Waals surface area contributed by atoms with Gasteiger partial charge in [-0.2, -0.15) is 0 Å². The number of methoxy groups -OCH3 is 1. The van der Waals surface area contributed by atoms with Gasteiger partial charge in [0.05, 0.1) is 18.3 Å². The highest BCUT2D eigenvalue weighted by Crippen LogP contribution is 2.30. The molecule has 0 fully saturated rings. The van der Waals surface area contributed by atoms with Crippen LogP contribution in [0, 0.1) is 5.92 Å². The summed E-state index contributed by atoms with van der Waals surface area (Å²) < 4.78 is 7.48. The van der Waals surface area contributed by atoms with E-state index in [2.05, 4.69) is 76.6 Å². The molecule has 2 heterocycles. The van der Waals surface area contributed by atoms with Crippen LogP contribution in [-0.4, -0.2) is 34.3 Å². The van der Waals surface area contributed by atoms with Crippen LogP contribution >= 0.6 is 0 Å². The summed E-state index contributed by atoms with van der Waals surface area (Å²) in [6.07, 6.45) is 12.4. The Hall–Kier alpha value is -2.92. The molecular formula is C22H24N4O. The van der Waals surface area contributed by atoms with Gasteiger partial charge in [-0.1, -0.05) is 49.4 Å². The minimum atomic E-state index is 0.202. The molecule has 2 aromatic heterocycles. The van der Waals surface area contributed by atoms with Gasteiger partial charge in [0.1, 0.15) is 0 Å². The second-order valence-corrected chi connectivity index (χ2v) is 6.81. The summed E-state index contributed by atoms with van der Waals surface area (Å²) in [5.41, 5.74) is 3.22. The van der Waals surface area contributed by atoms with Crippen LogP contribution in [0.4, 0.5) is 5.95 Å². The normalized spacial score (nSPS) is 18.9. The first-order valence-electron chi connectivity index (χ1n) is 9.28. The summed E-state index contributed by atoms with van der Waals surface area (Å²) in [5, 5.41) is 4.63. The van der Waals surface area contributed by atoms with Gasteiger partial charge in [0.15, 0.2) is 0 Å². The summed E-state index contributed by atoms with van der Waals surface area (Å²) in [6.45, 7) is 3.67. The van der Waals surface area contributed by atoms with Gasteiger partial charge in [-0.15, -0.1) is 0 Å². The number of benzene rings is 1. The molecule has 0 radical (unpaired) electrons. The van der Waals surface area contributed by atoms with Crippen molar-refractivity contribution >= 4 is 16.9 Å². The molecule has 0 spiro atoms. The zero-order valence-corrected chi connectivity index (χ0v) is 15.7. The van der Waals surface area contributed by atoms with Crippen LogP contribution in [0.25, 0.3) is 22.2 Å². The van der Waals surface area contributed by atoms with Gasteiger partial charge in [0, 0.05) is 42.5 Å². The minimum Gasteiger partial charge on any atom is -0.383 e. The van der Waals surface area contributed by atoms with Crippen LogP contribution in [0.2, 0.25) is 0 Å². The molecule has 4 rings (SSSR count). The Balaban J connectivity index is 1.67. The fraction of sp³-hybridized carbons (Fsp3) is 0.273. The van der Waals surface area contributed by atoms with E-state index in [1.807, 2.05) is 12.3 Å². The lowest BCUT2D eigenvalue weighted by molar-refractivity contribution is 0.188. The Morgan fingerprint density at radius 2 is 2.00 bits per heavy atom. The van der Waals surface area contributed by atoms with Gasteiger partial charge >= 0.3 is 0 Å². The molecule has 3 aromatic rings. The van der Waals surface area contributed by atoms with E-state index >= 15 is 0 Å². The minimum absolute atomic E-state index is 0.202. The predicted molar refractivity (Wildman–Crippen MR) is 110 cm³/mol. The van der Waals surface area contributed by atoms with Crippen LogP contribution in [-0.2, 0) is 11.3 Å². The van der Waals surface area contributed by atoms with Gasteiger partial charge < -0.3 is 14.6 Å². The second-order valence-electron chi connectivity index (χ2n) is 6.81. The molecule has 5 nitrogen and oxygen atoms in total. The molecule has 0 bridgehead atoms. The molecule has 2 atom stereocenters. The number of anilines is 1. The summed E-state index contributed by atoms with van der Waals surface area (Å²) in [5.74, 6) is 1.05. The third-order valence-electron chi connectivity index (χ3n) is 4.96. The van der Waals surface area contributed by atoms with E-state index in [4.69, 9.17) is 9.72 Å². The fourth-order valence-electron chi connectivity index (χ4n) is 3.45. The van der Waals surface area contributed by atoms with Crippen molar-refractivity contribution in [2.45, 2.75) is 19.5 Å². The number of fused-ring (bicyclic) bond motifs is 1. The maximum Gasteiger partial charge on any atom is 0.223 e. The Morgan fingerprint density at radius 3 is 2.85 bits per heavy atom. The molecule has 0 saturated carbocycles. The molecule has 1 aliphatic rings. The summed E-state index contributed by atoms with van der Waals surface area (Å²) in [4.78, 5) is 9.21. The standard InChI is InChI=1S/C22H24N4O/c1-16-7-3-5-9-19(16)24-22-23-12-11-20(25-22)18-15-26(13-14-27-2)21-10-6-4-8-17(18)21/h3-12,15-16,19H,13-14H2,1-2H3,(H,23,24,25). The summed E-state index contributed by atoms with van der Waals surface area (Å²) >= 11 is 0. The SMILES string of the molecule is COCCn1cc(-c2ccnc(NC3C=CC=CC3C)n2)c2ccccc21. The molecular weight excluding hydrogens is 336 g/mol. The first-order chi connectivity index (χ1) is 13.3. The number of nitrogens with one attached hydrogen (secondary N) is 1. The molecule has 1 aliphatic carbocycles. The van der Waals surface area contributed by atoms with Crippen LogP contribution in [0.15, 0.2) is 67.0 Å². The number of rotatable bonds is 6. The van der Waals surface area contributed by atoms with Crippen LogP contribution < -0.4 is 5.32 Å². The highest BCUT2D eigenvalue weighted by atomic mass is 16.5. The van der Waals surface area contributed by atoms with Gasteiger partial charge in [0.25, 0.3) is 0 Å². The second kappa shape index (κ2) is 7.76. The van der Waals surface area contributed by atoms with E-state index in [1.54, 1.807) is 7.11 Å². The van der Waals surface area contributed by atoms with Crippen LogP contribution in [0.1, 0.15) is 6.92 Å². The lowest BCUT2D eigenvalue weighted by atomic mass is 9.97. The first kappa shape index (κ1) is 17.5. The molecule has 0 amide bonds. The van der Waals surface area contributed by atoms with Crippen LogP contribution in [0.3, 0.4) is 0 Å². The smallest absolute Gasteiger partial charge is 0.223 e. The maximum atomic E-state index is 5.25.